The first-order valence-corrected chi connectivity index (χ1v) is 7.76. The zero-order valence-corrected chi connectivity index (χ0v) is 14.2. The van der Waals surface area contributed by atoms with Crippen molar-refractivity contribution in [2.24, 2.45) is 0 Å². The maximum atomic E-state index is 12.0. The molecule has 0 aliphatic heterocycles. The molecule has 126 valence electrons. The molecule has 1 aromatic heterocycles. The second-order valence-corrected chi connectivity index (χ2v) is 5.36. The fourth-order valence-corrected chi connectivity index (χ4v) is 2.08. The Kier molecular flexibility index (Phi) is 6.40. The third-order valence-corrected chi connectivity index (χ3v) is 3.55. The lowest BCUT2D eigenvalue weighted by Crippen LogP contribution is -2.21. The first-order valence-electron chi connectivity index (χ1n) is 7.01. The van der Waals surface area contributed by atoms with Crippen LogP contribution in [0, 0.1) is 0 Å². The van der Waals surface area contributed by atoms with Gasteiger partial charge in [0.2, 0.25) is 5.88 Å². The van der Waals surface area contributed by atoms with E-state index in [1.165, 1.54) is 18.3 Å². The number of pyridine rings is 1. The van der Waals surface area contributed by atoms with E-state index in [9.17, 15) is 9.59 Å². The van der Waals surface area contributed by atoms with Crippen molar-refractivity contribution in [2.75, 3.05) is 18.5 Å². The van der Waals surface area contributed by atoms with Crippen LogP contribution in [0.5, 0.6) is 5.88 Å². The lowest BCUT2D eigenvalue weighted by Gasteiger charge is -2.09. The largest absolute Gasteiger partial charge is 0.477 e. The maximum Gasteiger partial charge on any atom is 0.344 e. The molecule has 1 heterocycles. The van der Waals surface area contributed by atoms with Crippen LogP contribution in [0.1, 0.15) is 17.3 Å². The van der Waals surface area contributed by atoms with Gasteiger partial charge in [-0.05, 0) is 37.3 Å². The van der Waals surface area contributed by atoms with Gasteiger partial charge >= 0.3 is 5.97 Å². The summed E-state index contributed by atoms with van der Waals surface area (Å²) in [4.78, 5) is 27.8. The molecule has 0 unspecified atom stereocenters. The van der Waals surface area contributed by atoms with Gasteiger partial charge in [0.25, 0.3) is 5.91 Å². The Bertz CT molecular complexity index is 753. The number of carbonyl (C=O) groups is 2. The highest BCUT2D eigenvalue weighted by Gasteiger charge is 2.16. The number of ether oxygens (including phenoxy) is 2. The predicted octanol–water partition coefficient (Wildman–Crippen LogP) is 3.58. The number of nitrogens with zero attached hydrogens (tertiary/aromatic N) is 1. The number of aromatic nitrogens is 1. The Morgan fingerprint density at radius 1 is 1.21 bits per heavy atom. The molecule has 1 amide bonds. The second kappa shape index (κ2) is 8.52. The Labute approximate surface area is 148 Å². The van der Waals surface area contributed by atoms with Crippen molar-refractivity contribution in [3.63, 3.8) is 0 Å². The van der Waals surface area contributed by atoms with Crippen molar-refractivity contribution < 1.29 is 19.1 Å². The van der Waals surface area contributed by atoms with Crippen molar-refractivity contribution in [1.82, 2.24) is 4.98 Å². The maximum absolute atomic E-state index is 12.0. The zero-order valence-electron chi connectivity index (χ0n) is 12.7. The molecule has 0 bridgehead atoms. The molecule has 0 aliphatic carbocycles. The number of rotatable bonds is 6. The van der Waals surface area contributed by atoms with Gasteiger partial charge < -0.3 is 14.8 Å². The first-order chi connectivity index (χ1) is 11.5. The number of anilines is 1. The summed E-state index contributed by atoms with van der Waals surface area (Å²) in [5, 5.41) is 3.23. The molecule has 24 heavy (non-hydrogen) atoms. The summed E-state index contributed by atoms with van der Waals surface area (Å²) in [6, 6.07) is 7.72. The molecule has 0 atom stereocenters. The van der Waals surface area contributed by atoms with Gasteiger partial charge in [0.05, 0.1) is 16.7 Å². The summed E-state index contributed by atoms with van der Waals surface area (Å²) < 4.78 is 10.2. The minimum absolute atomic E-state index is 0.154. The van der Waals surface area contributed by atoms with E-state index in [1.54, 1.807) is 25.1 Å². The highest BCUT2D eigenvalue weighted by atomic mass is 35.5. The van der Waals surface area contributed by atoms with Crippen molar-refractivity contribution in [3.8, 4) is 5.88 Å². The average Bonchev–Trinajstić information content (AvgIpc) is 2.57. The van der Waals surface area contributed by atoms with Crippen LogP contribution in [0.15, 0.2) is 36.5 Å². The van der Waals surface area contributed by atoms with Crippen LogP contribution >= 0.6 is 23.2 Å². The van der Waals surface area contributed by atoms with Gasteiger partial charge in [-0.15, -0.1) is 0 Å². The normalized spacial score (nSPS) is 10.1. The first kappa shape index (κ1) is 18.0. The van der Waals surface area contributed by atoms with Gasteiger partial charge in [-0.3, -0.25) is 4.79 Å². The molecule has 0 radical (unpaired) electrons. The SMILES string of the molecule is CCOc1ncccc1C(=O)OCC(=O)Nc1ccc(Cl)c(Cl)c1. The number of esters is 1. The van der Waals surface area contributed by atoms with Crippen LogP contribution in [0.2, 0.25) is 10.0 Å². The smallest absolute Gasteiger partial charge is 0.344 e. The standard InChI is InChI=1S/C16H14Cl2N2O4/c1-2-23-15-11(4-3-7-19-15)16(22)24-9-14(21)20-10-5-6-12(17)13(18)8-10/h3-8H,2,9H2,1H3,(H,20,21). The minimum Gasteiger partial charge on any atom is -0.477 e. The third-order valence-electron chi connectivity index (χ3n) is 2.81. The fraction of sp³-hybridized carbons (Fsp3) is 0.188. The molecular formula is C16H14Cl2N2O4. The lowest BCUT2D eigenvalue weighted by atomic mass is 10.3. The van der Waals surface area contributed by atoms with Crippen LogP contribution < -0.4 is 10.1 Å². The Morgan fingerprint density at radius 3 is 2.71 bits per heavy atom. The van der Waals surface area contributed by atoms with Crippen LogP contribution in [-0.2, 0) is 9.53 Å². The number of benzene rings is 1. The highest BCUT2D eigenvalue weighted by molar-refractivity contribution is 6.42. The molecule has 1 aromatic carbocycles. The van der Waals surface area contributed by atoms with E-state index in [0.29, 0.717) is 22.3 Å². The lowest BCUT2D eigenvalue weighted by molar-refractivity contribution is -0.119. The van der Waals surface area contributed by atoms with Crippen molar-refractivity contribution in [2.45, 2.75) is 6.92 Å². The summed E-state index contributed by atoms with van der Waals surface area (Å²) in [7, 11) is 0. The van der Waals surface area contributed by atoms with E-state index in [-0.39, 0.29) is 11.4 Å². The Morgan fingerprint density at radius 2 is 2.00 bits per heavy atom. The van der Waals surface area contributed by atoms with E-state index in [1.807, 2.05) is 0 Å². The van der Waals surface area contributed by atoms with Crippen molar-refractivity contribution in [1.29, 1.82) is 0 Å². The average molecular weight is 369 g/mol. The van der Waals surface area contributed by atoms with Crippen LogP contribution in [0.25, 0.3) is 0 Å². The Balaban J connectivity index is 1.94. The number of halogens is 2. The third kappa shape index (κ3) is 4.84. The van der Waals surface area contributed by atoms with E-state index in [2.05, 4.69) is 10.3 Å². The van der Waals surface area contributed by atoms with Crippen LogP contribution in [0.3, 0.4) is 0 Å². The van der Waals surface area contributed by atoms with Gasteiger partial charge in [0, 0.05) is 11.9 Å². The molecule has 0 aliphatic rings. The topological polar surface area (TPSA) is 77.5 Å². The quantitative estimate of drug-likeness (QED) is 0.788. The van der Waals surface area contributed by atoms with E-state index in [0.717, 1.165) is 0 Å². The molecule has 0 spiro atoms. The number of hydrogen-bond donors (Lipinski definition) is 1. The van der Waals surface area contributed by atoms with Crippen molar-refractivity contribution >= 4 is 40.8 Å². The number of nitrogens with one attached hydrogen (secondary N) is 1. The van der Waals surface area contributed by atoms with Crippen LogP contribution in [0.4, 0.5) is 5.69 Å². The highest BCUT2D eigenvalue weighted by Crippen LogP contribution is 2.25. The van der Waals surface area contributed by atoms with Crippen molar-refractivity contribution in [3.05, 3.63) is 52.1 Å². The summed E-state index contributed by atoms with van der Waals surface area (Å²) in [6.45, 7) is 1.67. The van der Waals surface area contributed by atoms with Gasteiger partial charge in [0.1, 0.15) is 5.56 Å². The molecule has 2 aromatic rings. The Hall–Kier alpha value is -2.31. The van der Waals surface area contributed by atoms with Crippen LogP contribution in [-0.4, -0.2) is 30.1 Å². The zero-order chi connectivity index (χ0) is 17.5. The molecule has 8 heteroatoms. The van der Waals surface area contributed by atoms with Gasteiger partial charge in [-0.25, -0.2) is 9.78 Å². The van der Waals surface area contributed by atoms with Gasteiger partial charge in [0.15, 0.2) is 6.61 Å². The summed E-state index contributed by atoms with van der Waals surface area (Å²) in [5.74, 6) is -1.05. The monoisotopic (exact) mass is 368 g/mol. The predicted molar refractivity (Wildman–Crippen MR) is 90.8 cm³/mol. The molecular weight excluding hydrogens is 355 g/mol. The number of amides is 1. The minimum atomic E-state index is -0.698. The number of carbonyl (C=O) groups excluding carboxylic acids is 2. The summed E-state index contributed by atoms with van der Waals surface area (Å²) in [6.07, 6.45) is 1.50. The van der Waals surface area contributed by atoms with E-state index >= 15 is 0 Å². The molecule has 0 saturated heterocycles. The molecule has 0 fully saturated rings. The molecule has 6 nitrogen and oxygen atoms in total. The second-order valence-electron chi connectivity index (χ2n) is 4.54. The number of hydrogen-bond acceptors (Lipinski definition) is 5. The van der Waals surface area contributed by atoms with E-state index in [4.69, 9.17) is 32.7 Å². The summed E-state index contributed by atoms with van der Waals surface area (Å²) >= 11 is 11.7. The summed E-state index contributed by atoms with van der Waals surface area (Å²) in [5.41, 5.74) is 0.600. The fourth-order valence-electron chi connectivity index (χ4n) is 1.78. The van der Waals surface area contributed by atoms with Gasteiger partial charge in [-0.1, -0.05) is 23.2 Å². The molecule has 0 saturated carbocycles. The van der Waals surface area contributed by atoms with Gasteiger partial charge in [-0.2, -0.15) is 0 Å². The van der Waals surface area contributed by atoms with E-state index < -0.39 is 18.5 Å². The molecule has 1 N–H and O–H groups in total. The molecule has 2 rings (SSSR count).